The van der Waals surface area contributed by atoms with E-state index in [9.17, 15) is 4.79 Å². The van der Waals surface area contributed by atoms with Gasteiger partial charge in [-0.05, 0) is 19.9 Å². The number of fused-ring (bicyclic) bond motifs is 1. The summed E-state index contributed by atoms with van der Waals surface area (Å²) in [4.78, 5) is 15.8. The Hall–Kier alpha value is -2.25. The average molecular weight is 367 g/mol. The maximum atomic E-state index is 11.1. The zero-order valence-corrected chi connectivity index (χ0v) is 14.6. The molecule has 0 atom stereocenters. The van der Waals surface area contributed by atoms with Gasteiger partial charge in [0.2, 0.25) is 0 Å². The van der Waals surface area contributed by atoms with Crippen LogP contribution in [0.25, 0.3) is 16.2 Å². The van der Waals surface area contributed by atoms with Crippen LogP contribution >= 0.6 is 22.9 Å². The number of carboxylic acids is 1. The fourth-order valence-electron chi connectivity index (χ4n) is 2.36. The zero-order valence-electron chi connectivity index (χ0n) is 13.1. The molecule has 1 N–H and O–H groups in total. The van der Waals surface area contributed by atoms with Gasteiger partial charge in [-0.1, -0.05) is 11.6 Å². The average Bonchev–Trinajstić information content (AvgIpc) is 3.11. The van der Waals surface area contributed by atoms with Gasteiger partial charge in [0.25, 0.3) is 0 Å². The van der Waals surface area contributed by atoms with Gasteiger partial charge in [-0.15, -0.1) is 11.3 Å². The summed E-state index contributed by atoms with van der Waals surface area (Å²) in [7, 11) is 0. The third-order valence-corrected chi connectivity index (χ3v) is 4.47. The molecule has 0 radical (unpaired) electrons. The second-order valence-corrected chi connectivity index (χ2v) is 6.09. The number of hydrogen-bond donors (Lipinski definition) is 1. The highest BCUT2D eigenvalue weighted by Crippen LogP contribution is 2.40. The number of hydrogen-bond acceptors (Lipinski definition) is 5. The fourth-order valence-corrected chi connectivity index (χ4v) is 3.45. The first kappa shape index (κ1) is 16.6. The number of carbonyl (C=O) groups is 1. The molecule has 0 aliphatic carbocycles. The minimum absolute atomic E-state index is 0.00177. The highest BCUT2D eigenvalue weighted by molar-refractivity contribution is 7.15. The van der Waals surface area contributed by atoms with Crippen LogP contribution in [-0.4, -0.2) is 33.7 Å². The van der Waals surface area contributed by atoms with E-state index in [1.807, 2.05) is 19.2 Å². The van der Waals surface area contributed by atoms with Gasteiger partial charge in [0.15, 0.2) is 10.7 Å². The Morgan fingerprint density at radius 2 is 2.00 bits per heavy atom. The van der Waals surface area contributed by atoms with Crippen LogP contribution < -0.4 is 9.47 Å². The molecule has 24 heavy (non-hydrogen) atoms. The second-order valence-electron chi connectivity index (χ2n) is 4.85. The summed E-state index contributed by atoms with van der Waals surface area (Å²) in [5.41, 5.74) is 1.52. The largest absolute Gasteiger partial charge is 0.493 e. The third-order valence-electron chi connectivity index (χ3n) is 3.34. The van der Waals surface area contributed by atoms with E-state index in [-0.39, 0.29) is 5.69 Å². The number of imidazole rings is 1. The van der Waals surface area contributed by atoms with Gasteiger partial charge in [0.1, 0.15) is 11.5 Å². The number of aromatic carboxylic acids is 1. The molecule has 0 saturated carbocycles. The lowest BCUT2D eigenvalue weighted by Crippen LogP contribution is -1.99. The van der Waals surface area contributed by atoms with E-state index in [0.717, 1.165) is 11.3 Å². The van der Waals surface area contributed by atoms with E-state index in [2.05, 4.69) is 4.98 Å². The summed E-state index contributed by atoms with van der Waals surface area (Å²) < 4.78 is 13.0. The van der Waals surface area contributed by atoms with Crippen LogP contribution in [0.4, 0.5) is 0 Å². The molecule has 0 unspecified atom stereocenters. The first-order valence-electron chi connectivity index (χ1n) is 7.34. The normalized spacial score (nSPS) is 11.0. The van der Waals surface area contributed by atoms with Crippen LogP contribution in [0.2, 0.25) is 5.02 Å². The lowest BCUT2D eigenvalue weighted by molar-refractivity contribution is 0.0691. The van der Waals surface area contributed by atoms with E-state index in [0.29, 0.717) is 34.7 Å². The number of halogens is 1. The van der Waals surface area contributed by atoms with Crippen LogP contribution in [-0.2, 0) is 0 Å². The summed E-state index contributed by atoms with van der Waals surface area (Å²) >= 11 is 7.66. The molecule has 3 rings (SSSR count). The molecular formula is C16H15ClN2O4S. The van der Waals surface area contributed by atoms with Crippen molar-refractivity contribution in [1.29, 1.82) is 0 Å². The predicted molar refractivity (Wildman–Crippen MR) is 92.8 cm³/mol. The number of thiazole rings is 1. The molecule has 0 bridgehead atoms. The van der Waals surface area contributed by atoms with Crippen molar-refractivity contribution in [3.05, 3.63) is 34.4 Å². The van der Waals surface area contributed by atoms with Crippen molar-refractivity contribution in [2.75, 3.05) is 13.2 Å². The van der Waals surface area contributed by atoms with E-state index in [1.165, 1.54) is 17.5 Å². The summed E-state index contributed by atoms with van der Waals surface area (Å²) in [6.45, 7) is 4.75. The molecule has 0 fully saturated rings. The van der Waals surface area contributed by atoms with E-state index >= 15 is 0 Å². The summed E-state index contributed by atoms with van der Waals surface area (Å²) in [5.74, 6) is 0.108. The van der Waals surface area contributed by atoms with Crippen molar-refractivity contribution in [3.8, 4) is 22.8 Å². The van der Waals surface area contributed by atoms with Gasteiger partial charge < -0.3 is 14.6 Å². The molecule has 2 aromatic heterocycles. The summed E-state index contributed by atoms with van der Waals surface area (Å²) in [6, 6.07) is 3.52. The highest BCUT2D eigenvalue weighted by Gasteiger charge is 2.18. The fraction of sp³-hybridized carbons (Fsp3) is 0.250. The number of nitrogens with zero attached hydrogens (tertiary/aromatic N) is 2. The SMILES string of the molecule is CCOc1cc(OCC)c(-c2csc3nc(C(=O)O)cn23)cc1Cl. The van der Waals surface area contributed by atoms with E-state index < -0.39 is 5.97 Å². The first-order valence-corrected chi connectivity index (χ1v) is 8.60. The van der Waals surface area contributed by atoms with Crippen molar-refractivity contribution in [2.24, 2.45) is 0 Å². The molecule has 3 aromatic rings. The molecule has 8 heteroatoms. The molecule has 0 amide bonds. The smallest absolute Gasteiger partial charge is 0.356 e. The van der Waals surface area contributed by atoms with Crippen LogP contribution in [0.1, 0.15) is 24.3 Å². The minimum atomic E-state index is -1.06. The molecule has 6 nitrogen and oxygen atoms in total. The molecule has 0 saturated heterocycles. The number of carboxylic acid groups (broad SMARTS) is 1. The summed E-state index contributed by atoms with van der Waals surface area (Å²) in [5, 5.41) is 11.5. The lowest BCUT2D eigenvalue weighted by Gasteiger charge is -2.13. The maximum absolute atomic E-state index is 11.1. The van der Waals surface area contributed by atoms with Crippen molar-refractivity contribution in [3.63, 3.8) is 0 Å². The zero-order chi connectivity index (χ0) is 17.3. The van der Waals surface area contributed by atoms with Gasteiger partial charge in [-0.3, -0.25) is 4.40 Å². The standard InChI is InChI=1S/C16H15ClN2O4S/c1-3-22-13-6-14(23-4-2)10(17)5-9(13)12-8-24-16-18-11(15(20)21)7-19(12)16/h5-8H,3-4H2,1-2H3,(H,20,21). The molecule has 0 spiro atoms. The number of aromatic nitrogens is 2. The topological polar surface area (TPSA) is 73.1 Å². The van der Waals surface area contributed by atoms with E-state index in [4.69, 9.17) is 26.2 Å². The second kappa shape index (κ2) is 6.70. The Morgan fingerprint density at radius 3 is 2.67 bits per heavy atom. The van der Waals surface area contributed by atoms with Crippen LogP contribution in [0, 0.1) is 0 Å². The van der Waals surface area contributed by atoms with Gasteiger partial charge in [-0.2, -0.15) is 0 Å². The summed E-state index contributed by atoms with van der Waals surface area (Å²) in [6.07, 6.45) is 1.49. The first-order chi connectivity index (χ1) is 11.5. The molecule has 1 aromatic carbocycles. The monoisotopic (exact) mass is 366 g/mol. The molecule has 2 heterocycles. The molecule has 0 aliphatic rings. The van der Waals surface area contributed by atoms with Crippen LogP contribution in [0.3, 0.4) is 0 Å². The quantitative estimate of drug-likeness (QED) is 0.707. The van der Waals surface area contributed by atoms with Crippen molar-refractivity contribution < 1.29 is 19.4 Å². The van der Waals surface area contributed by atoms with Gasteiger partial charge in [0.05, 0.1) is 23.9 Å². The predicted octanol–water partition coefficient (Wildman–Crippen LogP) is 4.21. The van der Waals surface area contributed by atoms with Crippen molar-refractivity contribution in [2.45, 2.75) is 13.8 Å². The molecule has 0 aliphatic heterocycles. The minimum Gasteiger partial charge on any atom is -0.493 e. The Balaban J connectivity index is 2.17. The number of ether oxygens (including phenoxy) is 2. The molecular weight excluding hydrogens is 352 g/mol. The third kappa shape index (κ3) is 2.92. The lowest BCUT2D eigenvalue weighted by atomic mass is 10.1. The maximum Gasteiger partial charge on any atom is 0.356 e. The number of rotatable bonds is 6. The van der Waals surface area contributed by atoms with E-state index in [1.54, 1.807) is 16.5 Å². The van der Waals surface area contributed by atoms with Crippen LogP contribution in [0.5, 0.6) is 11.5 Å². The van der Waals surface area contributed by atoms with Crippen molar-refractivity contribution >= 4 is 33.9 Å². The molecule has 126 valence electrons. The highest BCUT2D eigenvalue weighted by atomic mass is 35.5. The Kier molecular flexibility index (Phi) is 4.64. The Bertz CT molecular complexity index is 903. The van der Waals surface area contributed by atoms with Gasteiger partial charge >= 0.3 is 5.97 Å². The Labute approximate surface area is 147 Å². The van der Waals surface area contributed by atoms with Gasteiger partial charge in [0, 0.05) is 23.2 Å². The van der Waals surface area contributed by atoms with Crippen molar-refractivity contribution in [1.82, 2.24) is 9.38 Å². The van der Waals surface area contributed by atoms with Crippen LogP contribution in [0.15, 0.2) is 23.7 Å². The number of benzene rings is 1. The Morgan fingerprint density at radius 1 is 1.29 bits per heavy atom. The van der Waals surface area contributed by atoms with Gasteiger partial charge in [-0.25, -0.2) is 9.78 Å².